The summed E-state index contributed by atoms with van der Waals surface area (Å²) >= 11 is 1.59. The lowest BCUT2D eigenvalue weighted by Crippen LogP contribution is -2.43. The van der Waals surface area contributed by atoms with Gasteiger partial charge in [-0.15, -0.1) is 0 Å². The molecule has 0 aromatic heterocycles. The predicted molar refractivity (Wildman–Crippen MR) is 70.6 cm³/mol. The molecule has 0 spiro atoms. The summed E-state index contributed by atoms with van der Waals surface area (Å²) in [6.45, 7) is 5.26. The molecule has 104 valence electrons. The van der Waals surface area contributed by atoms with E-state index in [0.29, 0.717) is 6.54 Å². The molecule has 1 atom stereocenters. The zero-order valence-corrected chi connectivity index (χ0v) is 11.9. The van der Waals surface area contributed by atoms with Gasteiger partial charge < -0.3 is 10.4 Å². The van der Waals surface area contributed by atoms with Gasteiger partial charge in [0.15, 0.2) is 0 Å². The second-order valence-corrected chi connectivity index (χ2v) is 5.95. The lowest BCUT2D eigenvalue weighted by molar-refractivity contribution is -0.149. The number of urea groups is 1. The van der Waals surface area contributed by atoms with Crippen LogP contribution >= 0.6 is 11.8 Å². The van der Waals surface area contributed by atoms with Crippen LogP contribution < -0.4 is 10.6 Å². The summed E-state index contributed by atoms with van der Waals surface area (Å²) in [7, 11) is 0. The molecule has 6 nitrogen and oxygen atoms in total. The van der Waals surface area contributed by atoms with E-state index in [2.05, 4.69) is 10.6 Å². The van der Waals surface area contributed by atoms with E-state index in [1.807, 2.05) is 13.2 Å². The first-order chi connectivity index (χ1) is 8.19. The molecule has 18 heavy (non-hydrogen) atoms. The van der Waals surface area contributed by atoms with Crippen LogP contribution in [0.5, 0.6) is 0 Å². The molecule has 7 heteroatoms. The molecular formula is C11H20N2O4S. The van der Waals surface area contributed by atoms with E-state index >= 15 is 0 Å². The number of hydrogen-bond acceptors (Lipinski definition) is 4. The SMILES string of the molecule is CSC(C)CNC(=O)NC(=O)CC(C)(C)C(=O)O. The number of nitrogens with one attached hydrogen (secondary N) is 2. The average molecular weight is 276 g/mol. The fourth-order valence-corrected chi connectivity index (χ4v) is 1.26. The molecule has 0 aromatic rings. The lowest BCUT2D eigenvalue weighted by Gasteiger charge is -2.18. The summed E-state index contributed by atoms with van der Waals surface area (Å²) < 4.78 is 0. The monoisotopic (exact) mass is 276 g/mol. The van der Waals surface area contributed by atoms with Crippen LogP contribution in [0.2, 0.25) is 0 Å². The largest absolute Gasteiger partial charge is 0.481 e. The summed E-state index contributed by atoms with van der Waals surface area (Å²) in [4.78, 5) is 33.6. The Bertz CT molecular complexity index is 331. The molecule has 0 aliphatic carbocycles. The van der Waals surface area contributed by atoms with Crippen LogP contribution in [-0.4, -0.2) is 41.1 Å². The third kappa shape index (κ3) is 6.48. The first kappa shape index (κ1) is 16.8. The number of aliphatic carboxylic acids is 1. The molecule has 0 saturated carbocycles. The second-order valence-electron chi connectivity index (χ2n) is 4.67. The van der Waals surface area contributed by atoms with E-state index in [0.717, 1.165) is 0 Å². The normalized spacial score (nSPS) is 12.7. The van der Waals surface area contributed by atoms with E-state index in [-0.39, 0.29) is 11.7 Å². The van der Waals surface area contributed by atoms with Crippen molar-refractivity contribution in [1.29, 1.82) is 0 Å². The Morgan fingerprint density at radius 3 is 2.33 bits per heavy atom. The Morgan fingerprint density at radius 2 is 1.89 bits per heavy atom. The van der Waals surface area contributed by atoms with Gasteiger partial charge in [-0.1, -0.05) is 6.92 Å². The zero-order valence-electron chi connectivity index (χ0n) is 11.1. The molecule has 0 aromatic carbocycles. The Kier molecular flexibility index (Phi) is 6.75. The fourth-order valence-electron chi connectivity index (χ4n) is 1.01. The highest BCUT2D eigenvalue weighted by atomic mass is 32.2. The van der Waals surface area contributed by atoms with Crippen molar-refractivity contribution < 1.29 is 19.5 Å². The minimum absolute atomic E-state index is 0.242. The van der Waals surface area contributed by atoms with Crippen LogP contribution in [0.4, 0.5) is 4.79 Å². The highest BCUT2D eigenvalue weighted by Gasteiger charge is 2.30. The van der Waals surface area contributed by atoms with Crippen LogP contribution in [-0.2, 0) is 9.59 Å². The van der Waals surface area contributed by atoms with Crippen molar-refractivity contribution in [1.82, 2.24) is 10.6 Å². The van der Waals surface area contributed by atoms with Gasteiger partial charge in [0.1, 0.15) is 0 Å². The van der Waals surface area contributed by atoms with Gasteiger partial charge in [0.2, 0.25) is 5.91 Å². The van der Waals surface area contributed by atoms with Crippen molar-refractivity contribution >= 4 is 29.7 Å². The van der Waals surface area contributed by atoms with Crippen LogP contribution in [0.1, 0.15) is 27.2 Å². The Balaban J connectivity index is 4.09. The molecule has 0 bridgehead atoms. The number of carboxylic acid groups (broad SMARTS) is 1. The molecule has 3 N–H and O–H groups in total. The number of rotatable bonds is 6. The van der Waals surface area contributed by atoms with E-state index < -0.39 is 23.3 Å². The summed E-state index contributed by atoms with van der Waals surface area (Å²) in [5.41, 5.74) is -1.18. The van der Waals surface area contributed by atoms with Gasteiger partial charge in [-0.3, -0.25) is 14.9 Å². The van der Waals surface area contributed by atoms with Gasteiger partial charge in [0.05, 0.1) is 5.41 Å². The van der Waals surface area contributed by atoms with Gasteiger partial charge in [-0.25, -0.2) is 4.79 Å². The van der Waals surface area contributed by atoms with Crippen molar-refractivity contribution in [2.75, 3.05) is 12.8 Å². The van der Waals surface area contributed by atoms with E-state index in [4.69, 9.17) is 5.11 Å². The van der Waals surface area contributed by atoms with Crippen molar-refractivity contribution in [3.05, 3.63) is 0 Å². The molecule has 3 amide bonds. The Morgan fingerprint density at radius 1 is 1.33 bits per heavy atom. The summed E-state index contributed by atoms with van der Waals surface area (Å²) in [6, 6.07) is -0.595. The van der Waals surface area contributed by atoms with Crippen LogP contribution in [0, 0.1) is 5.41 Å². The Hall–Kier alpha value is -1.24. The highest BCUT2D eigenvalue weighted by molar-refractivity contribution is 7.99. The molecule has 1 unspecified atom stereocenters. The maximum atomic E-state index is 11.4. The molecule has 0 aliphatic heterocycles. The average Bonchev–Trinajstić information content (AvgIpc) is 2.24. The molecular weight excluding hydrogens is 256 g/mol. The Labute approximate surface area is 111 Å². The summed E-state index contributed by atoms with van der Waals surface area (Å²) in [5.74, 6) is -1.68. The van der Waals surface area contributed by atoms with Gasteiger partial charge in [0, 0.05) is 18.2 Å². The number of carbonyl (C=O) groups is 3. The van der Waals surface area contributed by atoms with Crippen molar-refractivity contribution in [2.24, 2.45) is 5.41 Å². The molecule has 0 heterocycles. The van der Waals surface area contributed by atoms with Crippen molar-refractivity contribution in [3.8, 4) is 0 Å². The number of amides is 3. The third-order valence-corrected chi connectivity index (χ3v) is 3.36. The first-order valence-electron chi connectivity index (χ1n) is 5.53. The van der Waals surface area contributed by atoms with Crippen molar-refractivity contribution in [3.63, 3.8) is 0 Å². The van der Waals surface area contributed by atoms with Crippen LogP contribution in [0.25, 0.3) is 0 Å². The highest BCUT2D eigenvalue weighted by Crippen LogP contribution is 2.19. The fraction of sp³-hybridized carbons (Fsp3) is 0.727. The standard InChI is InChI=1S/C11H20N2O4S/c1-7(18-4)6-12-10(17)13-8(14)5-11(2,3)9(15)16/h7H,5-6H2,1-4H3,(H,15,16)(H2,12,13,14,17). The minimum atomic E-state index is -1.18. The second kappa shape index (κ2) is 7.25. The zero-order chi connectivity index (χ0) is 14.3. The topological polar surface area (TPSA) is 95.5 Å². The van der Waals surface area contributed by atoms with Crippen LogP contribution in [0.15, 0.2) is 0 Å². The number of imide groups is 1. The number of thioether (sulfide) groups is 1. The molecule has 0 rings (SSSR count). The summed E-state index contributed by atoms with van der Waals surface area (Å²) in [6.07, 6.45) is 1.68. The quantitative estimate of drug-likeness (QED) is 0.674. The van der Waals surface area contributed by atoms with Gasteiger partial charge in [-0.2, -0.15) is 11.8 Å². The number of carbonyl (C=O) groups excluding carboxylic acids is 2. The molecule has 0 saturated heterocycles. The molecule has 0 aliphatic rings. The molecule has 0 fully saturated rings. The lowest BCUT2D eigenvalue weighted by atomic mass is 9.89. The van der Waals surface area contributed by atoms with Gasteiger partial charge >= 0.3 is 12.0 Å². The number of hydrogen-bond donors (Lipinski definition) is 3. The van der Waals surface area contributed by atoms with E-state index in [1.54, 1.807) is 11.8 Å². The van der Waals surface area contributed by atoms with Crippen LogP contribution in [0.3, 0.4) is 0 Å². The minimum Gasteiger partial charge on any atom is -0.481 e. The maximum Gasteiger partial charge on any atom is 0.321 e. The van der Waals surface area contributed by atoms with E-state index in [1.165, 1.54) is 13.8 Å². The smallest absolute Gasteiger partial charge is 0.321 e. The summed E-state index contributed by atoms with van der Waals surface area (Å²) in [5, 5.41) is 13.7. The number of carboxylic acids is 1. The van der Waals surface area contributed by atoms with Crippen molar-refractivity contribution in [2.45, 2.75) is 32.4 Å². The predicted octanol–water partition coefficient (Wildman–Crippen LogP) is 1.06. The molecule has 0 radical (unpaired) electrons. The van der Waals surface area contributed by atoms with Gasteiger partial charge in [-0.05, 0) is 20.1 Å². The van der Waals surface area contributed by atoms with E-state index in [9.17, 15) is 14.4 Å². The van der Waals surface area contributed by atoms with Gasteiger partial charge in [0.25, 0.3) is 0 Å². The first-order valence-corrected chi connectivity index (χ1v) is 6.81. The maximum absolute atomic E-state index is 11.4. The third-order valence-electron chi connectivity index (χ3n) is 2.39.